The molecule has 1 rings (SSSR count). The van der Waals surface area contributed by atoms with Gasteiger partial charge >= 0.3 is 0 Å². The average Bonchev–Trinajstić information content (AvgIpc) is 3.47. The molecule has 0 aromatic heterocycles. The predicted octanol–water partition coefficient (Wildman–Crippen LogP) is 9.72. The molecule has 0 aliphatic heterocycles. The minimum atomic E-state index is -0.124. The maximum atomic E-state index is 5.96. The molecule has 7 N–H and O–H groups in total. The van der Waals surface area contributed by atoms with E-state index < -0.39 is 0 Å². The molecule has 0 amide bonds. The molecule has 1 fully saturated rings. The minimum Gasteiger partial charge on any atom is -0.402 e. The summed E-state index contributed by atoms with van der Waals surface area (Å²) in [5.41, 5.74) is 13.7. The summed E-state index contributed by atoms with van der Waals surface area (Å²) in [7, 11) is 0. The Bertz CT molecular complexity index is 1200. The molecule has 3 unspecified atom stereocenters. The molecular formula is C44H78N6. The lowest BCUT2D eigenvalue weighted by Gasteiger charge is -2.34. The minimum absolute atomic E-state index is 0.0194. The van der Waals surface area contributed by atoms with Crippen LogP contribution in [0.3, 0.4) is 0 Å². The van der Waals surface area contributed by atoms with Crippen LogP contribution >= 0.6 is 0 Å². The van der Waals surface area contributed by atoms with Crippen LogP contribution in [0.1, 0.15) is 120 Å². The Balaban J connectivity index is 2.91. The van der Waals surface area contributed by atoms with Crippen molar-refractivity contribution in [1.29, 1.82) is 0 Å². The monoisotopic (exact) mass is 691 g/mol. The molecule has 1 aliphatic rings. The topological polar surface area (TPSA) is 86.2 Å². The molecule has 1 saturated carbocycles. The van der Waals surface area contributed by atoms with Crippen molar-refractivity contribution >= 4 is 0 Å². The Morgan fingerprint density at radius 1 is 0.820 bits per heavy atom. The maximum Gasteiger partial charge on any atom is 0.0674 e. The zero-order chi connectivity index (χ0) is 38.2. The lowest BCUT2D eigenvalue weighted by atomic mass is 9.72. The van der Waals surface area contributed by atoms with Crippen LogP contribution in [0.15, 0.2) is 98.0 Å². The zero-order valence-corrected chi connectivity index (χ0v) is 33.8. The molecule has 284 valence electrons. The summed E-state index contributed by atoms with van der Waals surface area (Å²) in [6.07, 6.45) is 10.3. The van der Waals surface area contributed by atoms with Crippen LogP contribution in [0.4, 0.5) is 0 Å². The second-order valence-electron chi connectivity index (χ2n) is 16.4. The second kappa shape index (κ2) is 21.2. The molecule has 1 aliphatic carbocycles. The van der Waals surface area contributed by atoms with Crippen molar-refractivity contribution in [2.45, 2.75) is 132 Å². The first-order chi connectivity index (χ1) is 23.2. The van der Waals surface area contributed by atoms with Gasteiger partial charge in [-0.2, -0.15) is 0 Å². The smallest absolute Gasteiger partial charge is 0.0674 e. The van der Waals surface area contributed by atoms with E-state index in [1.165, 1.54) is 24.8 Å². The van der Waals surface area contributed by atoms with E-state index in [2.05, 4.69) is 135 Å². The summed E-state index contributed by atoms with van der Waals surface area (Å²) in [6, 6.07) is -0.0505. The molecular weight excluding hydrogens is 613 g/mol. The second-order valence-corrected chi connectivity index (χ2v) is 16.4. The van der Waals surface area contributed by atoms with Gasteiger partial charge in [0, 0.05) is 58.1 Å². The third-order valence-corrected chi connectivity index (χ3v) is 11.4. The van der Waals surface area contributed by atoms with Crippen molar-refractivity contribution in [3.05, 3.63) is 98.0 Å². The summed E-state index contributed by atoms with van der Waals surface area (Å²) in [5, 5.41) is 18.1. The van der Waals surface area contributed by atoms with Gasteiger partial charge in [0.2, 0.25) is 0 Å². The zero-order valence-electron chi connectivity index (χ0n) is 33.8. The number of nitrogens with one attached hydrogen (secondary N) is 5. The number of hydrogen-bond acceptors (Lipinski definition) is 6. The van der Waals surface area contributed by atoms with Crippen molar-refractivity contribution in [3.8, 4) is 0 Å². The fourth-order valence-corrected chi connectivity index (χ4v) is 6.65. The highest BCUT2D eigenvalue weighted by Gasteiger charge is 2.29. The van der Waals surface area contributed by atoms with E-state index in [0.29, 0.717) is 6.54 Å². The van der Waals surface area contributed by atoms with Crippen molar-refractivity contribution in [2.24, 2.45) is 34.3 Å². The quantitative estimate of drug-likeness (QED) is 0.0362. The number of allylic oxidation sites excluding steroid dienone is 5. The van der Waals surface area contributed by atoms with Crippen molar-refractivity contribution < 1.29 is 0 Å². The Labute approximate surface area is 309 Å². The lowest BCUT2D eigenvalue weighted by molar-refractivity contribution is 0.388. The summed E-state index contributed by atoms with van der Waals surface area (Å²) >= 11 is 0. The van der Waals surface area contributed by atoms with Crippen LogP contribution in [-0.4, -0.2) is 31.7 Å². The Hall–Kier alpha value is -3.28. The van der Waals surface area contributed by atoms with Crippen LogP contribution in [-0.2, 0) is 0 Å². The first-order valence-electron chi connectivity index (χ1n) is 19.2. The molecule has 0 radical (unpaired) electrons. The van der Waals surface area contributed by atoms with Crippen LogP contribution in [0, 0.1) is 28.6 Å². The summed E-state index contributed by atoms with van der Waals surface area (Å²) in [4.78, 5) is 0. The van der Waals surface area contributed by atoms with E-state index >= 15 is 0 Å². The van der Waals surface area contributed by atoms with Crippen molar-refractivity contribution in [1.82, 2.24) is 26.6 Å². The largest absolute Gasteiger partial charge is 0.402 e. The van der Waals surface area contributed by atoms with E-state index in [4.69, 9.17) is 5.73 Å². The number of hydrogen-bond donors (Lipinski definition) is 6. The van der Waals surface area contributed by atoms with Gasteiger partial charge in [0.05, 0.1) is 18.6 Å². The van der Waals surface area contributed by atoms with Gasteiger partial charge in [0.15, 0.2) is 0 Å². The molecule has 6 nitrogen and oxygen atoms in total. The fraction of sp³-hybridized carbons (Fsp3) is 0.636. The van der Waals surface area contributed by atoms with Crippen LogP contribution < -0.4 is 32.3 Å². The van der Waals surface area contributed by atoms with Gasteiger partial charge < -0.3 is 32.3 Å². The van der Waals surface area contributed by atoms with E-state index in [0.717, 1.165) is 110 Å². The van der Waals surface area contributed by atoms with E-state index in [-0.39, 0.29) is 28.8 Å². The van der Waals surface area contributed by atoms with E-state index in [1.54, 1.807) is 0 Å². The first kappa shape index (κ1) is 44.7. The first-order valence-corrected chi connectivity index (χ1v) is 19.2. The van der Waals surface area contributed by atoms with Gasteiger partial charge in [0.1, 0.15) is 0 Å². The van der Waals surface area contributed by atoms with Crippen molar-refractivity contribution in [3.63, 3.8) is 0 Å². The molecule has 0 spiro atoms. The normalized spacial score (nSPS) is 18.3. The SMILES string of the molecule is C=C(CC[C@H](NC(=C)CCC(C)(C(=C)C)C(=C)CC)C(=C)NC(C(=C)NCC(=C)NCCCC(C)(C)C(=C)N)C(C)C)NC[C@H]1CCCC1C. The molecule has 0 heterocycles. The molecule has 0 aromatic carbocycles. The van der Waals surface area contributed by atoms with Gasteiger partial charge in [0.25, 0.3) is 0 Å². The van der Waals surface area contributed by atoms with E-state index in [9.17, 15) is 0 Å². The molecule has 0 aromatic rings. The number of rotatable bonds is 28. The van der Waals surface area contributed by atoms with Gasteiger partial charge in [-0.3, -0.25) is 0 Å². The van der Waals surface area contributed by atoms with Gasteiger partial charge in [-0.15, -0.1) is 0 Å². The van der Waals surface area contributed by atoms with E-state index in [1.807, 2.05) is 0 Å². The van der Waals surface area contributed by atoms with Crippen LogP contribution in [0.25, 0.3) is 0 Å². The molecule has 0 saturated heterocycles. The highest BCUT2D eigenvalue weighted by Crippen LogP contribution is 2.40. The standard InChI is InChI=1S/C44H78N6/c1-17-33(7)44(16,31(4)5)26-24-35(9)49-41(23-22-34(8)47-29-40-21-18-20-32(40)6)37(11)50-42(30(2)3)38(12)48-28-36(10)46-27-19-25-43(14,15)39(13)45/h30,32,40-42,46-50H,4,7-13,17-29,45H2,1-3,5-6,14-16H3/t32?,40-,41+,42?,44?/m1/s1. The highest BCUT2D eigenvalue weighted by atomic mass is 15.1. The predicted molar refractivity (Wildman–Crippen MR) is 222 cm³/mol. The third kappa shape index (κ3) is 14.9. The molecule has 5 atom stereocenters. The van der Waals surface area contributed by atoms with Crippen molar-refractivity contribution in [2.75, 3.05) is 19.6 Å². The Morgan fingerprint density at radius 2 is 1.48 bits per heavy atom. The van der Waals surface area contributed by atoms with Crippen LogP contribution in [0.2, 0.25) is 0 Å². The lowest BCUT2D eigenvalue weighted by Crippen LogP contribution is -2.45. The molecule has 6 heteroatoms. The fourth-order valence-electron chi connectivity index (χ4n) is 6.65. The summed E-state index contributed by atoms with van der Waals surface area (Å²) < 4.78 is 0. The summed E-state index contributed by atoms with van der Waals surface area (Å²) in [5.74, 6) is 1.80. The van der Waals surface area contributed by atoms with Gasteiger partial charge in [-0.05, 0) is 76.0 Å². The number of nitrogens with two attached hydrogens (primary N) is 1. The van der Waals surface area contributed by atoms with Gasteiger partial charge in [-0.1, -0.05) is 125 Å². The maximum absolute atomic E-state index is 5.96. The Kier molecular flexibility index (Phi) is 18.9. The summed E-state index contributed by atoms with van der Waals surface area (Å²) in [6.45, 7) is 54.7. The van der Waals surface area contributed by atoms with Gasteiger partial charge in [-0.25, -0.2) is 0 Å². The average molecular weight is 691 g/mol. The highest BCUT2D eigenvalue weighted by molar-refractivity contribution is 5.24. The van der Waals surface area contributed by atoms with Crippen LogP contribution in [0.5, 0.6) is 0 Å². The molecule has 50 heavy (non-hydrogen) atoms. The Morgan fingerprint density at radius 3 is 2.02 bits per heavy atom. The molecule has 0 bridgehead atoms. The third-order valence-electron chi connectivity index (χ3n) is 11.4.